The number of hydrogen-bond acceptors (Lipinski definition) is 5. The first-order chi connectivity index (χ1) is 15.0. The van der Waals surface area contributed by atoms with Gasteiger partial charge in [0.15, 0.2) is 5.13 Å². The van der Waals surface area contributed by atoms with Crippen LogP contribution in [-0.4, -0.2) is 30.5 Å². The lowest BCUT2D eigenvalue weighted by Gasteiger charge is -2.12. The minimum Gasteiger partial charge on any atom is -0.496 e. The second-order valence-electron chi connectivity index (χ2n) is 7.23. The van der Waals surface area contributed by atoms with Gasteiger partial charge in [0.2, 0.25) is 5.91 Å². The van der Waals surface area contributed by atoms with Crippen LogP contribution in [0.25, 0.3) is 0 Å². The lowest BCUT2D eigenvalue weighted by atomic mass is 10.1. The molecule has 3 aromatic rings. The number of hydrogen-bond donors (Lipinski definition) is 2. The average molecular weight is 440 g/mol. The van der Waals surface area contributed by atoms with Gasteiger partial charge in [0.05, 0.1) is 18.7 Å². The van der Waals surface area contributed by atoms with E-state index in [0.717, 1.165) is 28.3 Å². The van der Waals surface area contributed by atoms with Crippen molar-refractivity contribution < 1.29 is 18.7 Å². The highest BCUT2D eigenvalue weighted by molar-refractivity contribution is 7.16. The van der Waals surface area contributed by atoms with Gasteiger partial charge in [-0.1, -0.05) is 18.2 Å². The number of halogens is 1. The monoisotopic (exact) mass is 439 g/mol. The molecular formula is C23H22FN3O3S. The largest absolute Gasteiger partial charge is 0.496 e. The van der Waals surface area contributed by atoms with Crippen molar-refractivity contribution >= 4 is 28.3 Å². The van der Waals surface area contributed by atoms with Crippen molar-refractivity contribution in [3.63, 3.8) is 0 Å². The number of amides is 2. The molecule has 1 unspecified atom stereocenters. The van der Waals surface area contributed by atoms with Gasteiger partial charge in [0, 0.05) is 17.0 Å². The Kier molecular flexibility index (Phi) is 6.27. The van der Waals surface area contributed by atoms with Gasteiger partial charge in [0.25, 0.3) is 5.91 Å². The maximum Gasteiger partial charge on any atom is 0.257 e. The summed E-state index contributed by atoms with van der Waals surface area (Å²) in [7, 11) is 1.63. The van der Waals surface area contributed by atoms with Crippen LogP contribution in [-0.2, 0) is 17.6 Å². The van der Waals surface area contributed by atoms with Crippen LogP contribution in [0.1, 0.15) is 38.8 Å². The van der Waals surface area contributed by atoms with Crippen molar-refractivity contribution in [3.05, 3.63) is 76.0 Å². The smallest absolute Gasteiger partial charge is 0.257 e. The first kappa shape index (κ1) is 21.0. The number of fused-ring (bicyclic) bond motifs is 1. The van der Waals surface area contributed by atoms with Crippen molar-refractivity contribution in [1.82, 2.24) is 10.3 Å². The van der Waals surface area contributed by atoms with Gasteiger partial charge in [-0.2, -0.15) is 0 Å². The fourth-order valence-electron chi connectivity index (χ4n) is 3.66. The predicted octanol–water partition coefficient (Wildman–Crippen LogP) is 3.93. The molecule has 0 fully saturated rings. The van der Waals surface area contributed by atoms with Crippen molar-refractivity contribution in [3.8, 4) is 5.75 Å². The van der Waals surface area contributed by atoms with Gasteiger partial charge in [-0.25, -0.2) is 9.37 Å². The van der Waals surface area contributed by atoms with Crippen LogP contribution in [0.2, 0.25) is 0 Å². The molecule has 0 spiro atoms. The van der Waals surface area contributed by atoms with Crippen molar-refractivity contribution in [1.29, 1.82) is 0 Å². The number of ether oxygens (including phenoxy) is 1. The summed E-state index contributed by atoms with van der Waals surface area (Å²) >= 11 is 1.38. The zero-order valence-corrected chi connectivity index (χ0v) is 17.8. The third kappa shape index (κ3) is 4.74. The molecule has 1 aliphatic carbocycles. The third-order valence-electron chi connectivity index (χ3n) is 5.25. The Bertz CT molecular complexity index is 1100. The van der Waals surface area contributed by atoms with E-state index in [-0.39, 0.29) is 17.7 Å². The molecule has 1 atom stereocenters. The quantitative estimate of drug-likeness (QED) is 0.585. The van der Waals surface area contributed by atoms with Crippen LogP contribution in [0.3, 0.4) is 0 Å². The molecule has 2 N–H and O–H groups in total. The highest BCUT2D eigenvalue weighted by Gasteiger charge is 2.32. The highest BCUT2D eigenvalue weighted by atomic mass is 32.1. The molecule has 160 valence electrons. The Hall–Kier alpha value is -3.26. The summed E-state index contributed by atoms with van der Waals surface area (Å²) in [4.78, 5) is 30.6. The van der Waals surface area contributed by atoms with Gasteiger partial charge < -0.3 is 10.1 Å². The molecule has 31 heavy (non-hydrogen) atoms. The summed E-state index contributed by atoms with van der Waals surface area (Å²) < 4.78 is 18.4. The number of aryl methyl sites for hydroxylation is 1. The van der Waals surface area contributed by atoms with E-state index in [9.17, 15) is 14.0 Å². The minimum atomic E-state index is -0.399. The van der Waals surface area contributed by atoms with Gasteiger partial charge in [0.1, 0.15) is 11.6 Å². The molecule has 0 radical (unpaired) electrons. The Morgan fingerprint density at radius 2 is 1.97 bits per heavy atom. The topological polar surface area (TPSA) is 80.3 Å². The van der Waals surface area contributed by atoms with E-state index >= 15 is 0 Å². The summed E-state index contributed by atoms with van der Waals surface area (Å²) in [5.41, 5.74) is 2.12. The van der Waals surface area contributed by atoms with Crippen LogP contribution in [0.15, 0.2) is 48.5 Å². The van der Waals surface area contributed by atoms with E-state index in [1.54, 1.807) is 7.11 Å². The molecule has 1 aliphatic rings. The molecule has 1 heterocycles. The van der Waals surface area contributed by atoms with E-state index in [4.69, 9.17) is 4.74 Å². The van der Waals surface area contributed by atoms with Gasteiger partial charge in [-0.3, -0.25) is 14.9 Å². The number of carbonyl (C=O) groups excluding carboxylic acids is 2. The van der Waals surface area contributed by atoms with Crippen molar-refractivity contribution in [2.45, 2.75) is 25.2 Å². The SMILES string of the molecule is COc1ccccc1CCNC(=O)C1CCc2sc(NC(=O)c3ccc(F)cc3)nc21. The van der Waals surface area contributed by atoms with Crippen LogP contribution in [0, 0.1) is 5.82 Å². The number of carbonyl (C=O) groups is 2. The van der Waals surface area contributed by atoms with Gasteiger partial charge in [-0.05, 0) is 55.2 Å². The standard InChI is InChI=1S/C23H22FN3O3S/c1-30-18-5-3-2-4-14(18)12-13-25-22(29)17-10-11-19-20(17)26-23(31-19)27-21(28)15-6-8-16(24)9-7-15/h2-9,17H,10-13H2,1H3,(H,25,29)(H,26,27,28). The number of benzene rings is 2. The Morgan fingerprint density at radius 3 is 2.74 bits per heavy atom. The first-order valence-electron chi connectivity index (χ1n) is 10.0. The normalized spacial score (nSPS) is 14.7. The molecule has 0 saturated carbocycles. The zero-order valence-electron chi connectivity index (χ0n) is 17.0. The number of thiazole rings is 1. The lowest BCUT2D eigenvalue weighted by Crippen LogP contribution is -2.30. The van der Waals surface area contributed by atoms with Crippen LogP contribution in [0.5, 0.6) is 5.75 Å². The number of anilines is 1. The number of aromatic nitrogens is 1. The Labute approximate surface area is 183 Å². The molecule has 2 aromatic carbocycles. The summed E-state index contributed by atoms with van der Waals surface area (Å²) in [5.74, 6) is -0.328. The zero-order chi connectivity index (χ0) is 21.8. The third-order valence-corrected chi connectivity index (χ3v) is 6.29. The Morgan fingerprint density at radius 1 is 1.19 bits per heavy atom. The maximum absolute atomic E-state index is 13.0. The molecule has 2 amide bonds. The van der Waals surface area contributed by atoms with Gasteiger partial charge in [-0.15, -0.1) is 11.3 Å². The van der Waals surface area contributed by atoms with Crippen molar-refractivity contribution in [2.75, 3.05) is 19.0 Å². The average Bonchev–Trinajstić information content (AvgIpc) is 3.34. The van der Waals surface area contributed by atoms with Gasteiger partial charge >= 0.3 is 0 Å². The number of rotatable bonds is 7. The van der Waals surface area contributed by atoms with E-state index in [2.05, 4.69) is 15.6 Å². The molecule has 0 saturated heterocycles. The fraction of sp³-hybridized carbons (Fsp3) is 0.261. The number of para-hydroxylation sites is 1. The minimum absolute atomic E-state index is 0.0599. The molecule has 0 bridgehead atoms. The molecule has 6 nitrogen and oxygen atoms in total. The second-order valence-corrected chi connectivity index (χ2v) is 8.32. The summed E-state index contributed by atoms with van der Waals surface area (Å²) in [6.45, 7) is 0.503. The fourth-order valence-corrected chi connectivity index (χ4v) is 4.69. The van der Waals surface area contributed by atoms with Crippen LogP contribution >= 0.6 is 11.3 Å². The first-order valence-corrected chi connectivity index (χ1v) is 10.8. The number of methoxy groups -OCH3 is 1. The predicted molar refractivity (Wildman–Crippen MR) is 117 cm³/mol. The molecular weight excluding hydrogens is 417 g/mol. The van der Waals surface area contributed by atoms with Crippen LogP contribution in [0.4, 0.5) is 9.52 Å². The Balaban J connectivity index is 1.36. The number of nitrogens with zero attached hydrogens (tertiary/aromatic N) is 1. The maximum atomic E-state index is 13.0. The van der Waals surface area contributed by atoms with Crippen LogP contribution < -0.4 is 15.4 Å². The number of nitrogens with one attached hydrogen (secondary N) is 2. The lowest BCUT2D eigenvalue weighted by molar-refractivity contribution is -0.122. The van der Waals surface area contributed by atoms with E-state index in [0.29, 0.717) is 30.1 Å². The van der Waals surface area contributed by atoms with E-state index < -0.39 is 5.82 Å². The summed E-state index contributed by atoms with van der Waals surface area (Å²) in [6, 6.07) is 13.1. The second kappa shape index (κ2) is 9.26. The molecule has 1 aromatic heterocycles. The molecule has 4 rings (SSSR count). The van der Waals surface area contributed by atoms with Crippen molar-refractivity contribution in [2.24, 2.45) is 0 Å². The summed E-state index contributed by atoms with van der Waals surface area (Å²) in [5, 5.41) is 6.19. The highest BCUT2D eigenvalue weighted by Crippen LogP contribution is 2.38. The summed E-state index contributed by atoms with van der Waals surface area (Å²) in [6.07, 6.45) is 2.14. The molecule has 0 aliphatic heterocycles. The van der Waals surface area contributed by atoms with E-state index in [1.165, 1.54) is 35.6 Å². The van der Waals surface area contributed by atoms with E-state index in [1.807, 2.05) is 24.3 Å². The molecule has 8 heteroatoms.